The summed E-state index contributed by atoms with van der Waals surface area (Å²) in [6.07, 6.45) is 0. The Morgan fingerprint density at radius 2 is 2.33 bits per heavy atom. The molecule has 0 bridgehead atoms. The molecule has 2 N–H and O–H groups in total. The first-order valence-electron chi connectivity index (χ1n) is 6.32. The molecule has 0 atom stereocenters. The van der Waals surface area contributed by atoms with Crippen molar-refractivity contribution in [3.05, 3.63) is 28.6 Å². The summed E-state index contributed by atoms with van der Waals surface area (Å²) in [7, 11) is 0. The van der Waals surface area contributed by atoms with Gasteiger partial charge in [-0.25, -0.2) is 4.98 Å². The van der Waals surface area contributed by atoms with E-state index >= 15 is 0 Å². The van der Waals surface area contributed by atoms with E-state index in [9.17, 15) is 9.59 Å². The van der Waals surface area contributed by atoms with E-state index in [1.54, 1.807) is 23.5 Å². The molecule has 0 saturated heterocycles. The third-order valence-corrected chi connectivity index (χ3v) is 3.90. The number of amides is 2. The lowest BCUT2D eigenvalue weighted by Crippen LogP contribution is -2.43. The zero-order valence-electron chi connectivity index (χ0n) is 11.3. The molecule has 0 aliphatic carbocycles. The summed E-state index contributed by atoms with van der Waals surface area (Å²) < 4.78 is 5.38. The Hall–Kier alpha value is -2.41. The number of aryl methyl sites for hydroxylation is 1. The van der Waals surface area contributed by atoms with Gasteiger partial charge < -0.3 is 10.5 Å². The molecule has 6 nitrogen and oxygen atoms in total. The van der Waals surface area contributed by atoms with Crippen LogP contribution in [-0.2, 0) is 9.59 Å². The molecular formula is C14H13N3O3S. The smallest absolute Gasteiger partial charge is 0.265 e. The normalized spacial score (nSPS) is 13.8. The van der Waals surface area contributed by atoms with Crippen molar-refractivity contribution >= 4 is 28.8 Å². The minimum absolute atomic E-state index is 0.0879. The van der Waals surface area contributed by atoms with Gasteiger partial charge in [-0.2, -0.15) is 0 Å². The molecule has 0 fully saturated rings. The summed E-state index contributed by atoms with van der Waals surface area (Å²) in [5, 5.41) is 2.91. The minimum atomic E-state index is -0.564. The molecule has 0 spiro atoms. The Bertz CT molecular complexity index is 726. The molecule has 2 amide bonds. The number of hydrogen-bond acceptors (Lipinski definition) is 5. The predicted molar refractivity (Wildman–Crippen MR) is 79.3 cm³/mol. The van der Waals surface area contributed by atoms with Crippen molar-refractivity contribution in [3.8, 4) is 17.0 Å². The Balaban J connectivity index is 2.04. The van der Waals surface area contributed by atoms with E-state index in [1.807, 2.05) is 18.4 Å². The van der Waals surface area contributed by atoms with Crippen LogP contribution in [0.1, 0.15) is 5.01 Å². The summed E-state index contributed by atoms with van der Waals surface area (Å²) in [6.45, 7) is 1.68. The minimum Gasteiger partial charge on any atom is -0.482 e. The zero-order valence-corrected chi connectivity index (χ0v) is 12.1. The lowest BCUT2D eigenvalue weighted by molar-refractivity contribution is -0.124. The van der Waals surface area contributed by atoms with Crippen molar-refractivity contribution in [2.24, 2.45) is 5.73 Å². The molecule has 21 heavy (non-hydrogen) atoms. The number of rotatable bonds is 3. The first-order chi connectivity index (χ1) is 10.0. The van der Waals surface area contributed by atoms with Gasteiger partial charge in [0.05, 0.1) is 16.4 Å². The van der Waals surface area contributed by atoms with E-state index in [0.717, 1.165) is 16.3 Å². The molecular weight excluding hydrogens is 290 g/mol. The predicted octanol–water partition coefficient (Wildman–Crippen LogP) is 1.33. The Labute approximate surface area is 125 Å². The standard InChI is InChI=1S/C14H13N3O3S/c1-8-16-10(7-21-8)9-2-3-12-11(4-9)17(5-13(15)18)14(19)6-20-12/h2-4,7H,5-6H2,1H3,(H2,15,18). The van der Waals surface area contributed by atoms with Crippen molar-refractivity contribution in [2.75, 3.05) is 18.1 Å². The van der Waals surface area contributed by atoms with Crippen molar-refractivity contribution in [3.63, 3.8) is 0 Å². The van der Waals surface area contributed by atoms with E-state index in [4.69, 9.17) is 10.5 Å². The largest absolute Gasteiger partial charge is 0.482 e. The van der Waals surface area contributed by atoms with Gasteiger partial charge in [0.15, 0.2) is 6.61 Å². The van der Waals surface area contributed by atoms with E-state index in [1.165, 1.54) is 4.90 Å². The van der Waals surface area contributed by atoms with Crippen LogP contribution in [0.15, 0.2) is 23.6 Å². The maximum Gasteiger partial charge on any atom is 0.265 e. The number of aromatic nitrogens is 1. The number of ether oxygens (including phenoxy) is 1. The second kappa shape index (κ2) is 5.17. The van der Waals surface area contributed by atoms with Crippen LogP contribution in [0.5, 0.6) is 5.75 Å². The SMILES string of the molecule is Cc1nc(-c2ccc3c(c2)N(CC(N)=O)C(=O)CO3)cs1. The molecule has 3 rings (SSSR count). The Kier molecular flexibility index (Phi) is 3.34. The molecule has 1 aromatic carbocycles. The lowest BCUT2D eigenvalue weighted by Gasteiger charge is -2.28. The Morgan fingerprint density at radius 1 is 1.52 bits per heavy atom. The molecule has 0 unspecified atom stereocenters. The molecule has 1 aromatic heterocycles. The fourth-order valence-electron chi connectivity index (χ4n) is 2.19. The third-order valence-electron chi connectivity index (χ3n) is 3.13. The number of benzene rings is 1. The number of carbonyl (C=O) groups is 2. The lowest BCUT2D eigenvalue weighted by atomic mass is 10.1. The first-order valence-corrected chi connectivity index (χ1v) is 7.20. The topological polar surface area (TPSA) is 85.5 Å². The molecule has 2 aromatic rings. The second-order valence-electron chi connectivity index (χ2n) is 4.67. The maximum absolute atomic E-state index is 11.9. The molecule has 0 radical (unpaired) electrons. The highest BCUT2D eigenvalue weighted by Crippen LogP contribution is 2.36. The van der Waals surface area contributed by atoms with Crippen molar-refractivity contribution in [2.45, 2.75) is 6.92 Å². The van der Waals surface area contributed by atoms with Crippen LogP contribution >= 0.6 is 11.3 Å². The van der Waals surface area contributed by atoms with Gasteiger partial charge in [0.1, 0.15) is 12.3 Å². The molecule has 1 aliphatic rings. The van der Waals surface area contributed by atoms with Crippen LogP contribution in [-0.4, -0.2) is 29.9 Å². The summed E-state index contributed by atoms with van der Waals surface area (Å²) in [6, 6.07) is 5.45. The molecule has 7 heteroatoms. The number of hydrogen-bond donors (Lipinski definition) is 1. The maximum atomic E-state index is 11.9. The molecule has 1 aliphatic heterocycles. The average molecular weight is 303 g/mol. The van der Waals surface area contributed by atoms with Crippen molar-refractivity contribution in [1.82, 2.24) is 4.98 Å². The number of nitrogens with zero attached hydrogens (tertiary/aromatic N) is 2. The van der Waals surface area contributed by atoms with Crippen molar-refractivity contribution in [1.29, 1.82) is 0 Å². The Morgan fingerprint density at radius 3 is 3.00 bits per heavy atom. The second-order valence-corrected chi connectivity index (χ2v) is 5.73. The number of primary amides is 1. The summed E-state index contributed by atoms with van der Waals surface area (Å²) in [5.74, 6) is -0.287. The number of carbonyl (C=O) groups excluding carboxylic acids is 2. The van der Waals surface area contributed by atoms with Crippen LogP contribution in [0.4, 0.5) is 5.69 Å². The van der Waals surface area contributed by atoms with Gasteiger partial charge in [0.25, 0.3) is 5.91 Å². The summed E-state index contributed by atoms with van der Waals surface area (Å²) >= 11 is 1.55. The number of nitrogens with two attached hydrogens (primary N) is 1. The van der Waals surface area contributed by atoms with Crippen LogP contribution in [0.3, 0.4) is 0 Å². The zero-order chi connectivity index (χ0) is 15.0. The highest BCUT2D eigenvalue weighted by atomic mass is 32.1. The van der Waals surface area contributed by atoms with Gasteiger partial charge in [-0.1, -0.05) is 0 Å². The van der Waals surface area contributed by atoms with Crippen LogP contribution in [0.25, 0.3) is 11.3 Å². The summed E-state index contributed by atoms with van der Waals surface area (Å²) in [5.41, 5.74) is 7.46. The first kappa shape index (κ1) is 13.6. The van der Waals surface area contributed by atoms with Crippen LogP contribution < -0.4 is 15.4 Å². The highest BCUT2D eigenvalue weighted by Gasteiger charge is 2.27. The van der Waals surface area contributed by atoms with E-state index in [2.05, 4.69) is 4.98 Å². The van der Waals surface area contributed by atoms with Crippen molar-refractivity contribution < 1.29 is 14.3 Å². The van der Waals surface area contributed by atoms with Gasteiger partial charge >= 0.3 is 0 Å². The molecule has 2 heterocycles. The average Bonchev–Trinajstić information content (AvgIpc) is 2.88. The third kappa shape index (κ3) is 2.59. The van der Waals surface area contributed by atoms with Gasteiger partial charge in [-0.3, -0.25) is 14.5 Å². The van der Waals surface area contributed by atoms with Crippen LogP contribution in [0.2, 0.25) is 0 Å². The van der Waals surface area contributed by atoms with Crippen LogP contribution in [0, 0.1) is 6.92 Å². The quantitative estimate of drug-likeness (QED) is 0.927. The number of anilines is 1. The van der Waals surface area contributed by atoms with Gasteiger partial charge in [-0.05, 0) is 25.1 Å². The molecule has 108 valence electrons. The number of fused-ring (bicyclic) bond motifs is 1. The monoisotopic (exact) mass is 303 g/mol. The van der Waals surface area contributed by atoms with E-state index < -0.39 is 5.91 Å². The fourth-order valence-corrected chi connectivity index (χ4v) is 2.81. The highest BCUT2D eigenvalue weighted by molar-refractivity contribution is 7.09. The van der Waals surface area contributed by atoms with E-state index in [-0.39, 0.29) is 19.1 Å². The van der Waals surface area contributed by atoms with E-state index in [0.29, 0.717) is 11.4 Å². The van der Waals surface area contributed by atoms with Gasteiger partial charge in [0, 0.05) is 10.9 Å². The number of thiazole rings is 1. The summed E-state index contributed by atoms with van der Waals surface area (Å²) in [4.78, 5) is 28.9. The molecule has 0 saturated carbocycles. The van der Waals surface area contributed by atoms with Gasteiger partial charge in [-0.15, -0.1) is 11.3 Å². The fraction of sp³-hybridized carbons (Fsp3) is 0.214. The van der Waals surface area contributed by atoms with Gasteiger partial charge in [0.2, 0.25) is 5.91 Å².